The molecule has 1 rings (SSSR count). The molecule has 1 heterocycles. The van der Waals surface area contributed by atoms with Crippen LogP contribution >= 0.6 is 0 Å². The van der Waals surface area contributed by atoms with E-state index in [0.717, 1.165) is 6.61 Å². The van der Waals surface area contributed by atoms with E-state index in [4.69, 9.17) is 4.74 Å². The van der Waals surface area contributed by atoms with Gasteiger partial charge in [0.1, 0.15) is 0 Å². The summed E-state index contributed by atoms with van der Waals surface area (Å²) in [5, 5.41) is 0. The molecule has 0 aromatic carbocycles. The molecule has 0 aromatic heterocycles. The molecular formula is C36H72O. The van der Waals surface area contributed by atoms with Crippen molar-refractivity contribution in [2.45, 2.75) is 225 Å². The minimum Gasteiger partial charge on any atom is -0.373 e. The average molecular weight is 521 g/mol. The summed E-state index contributed by atoms with van der Waals surface area (Å²) in [5.41, 5.74) is 0. The van der Waals surface area contributed by atoms with Gasteiger partial charge in [-0.3, -0.25) is 0 Å². The van der Waals surface area contributed by atoms with E-state index in [-0.39, 0.29) is 0 Å². The molecule has 1 atom stereocenters. The lowest BCUT2D eigenvalue weighted by Gasteiger charge is -2.05. The lowest BCUT2D eigenvalue weighted by atomic mass is 10.0. The zero-order chi connectivity index (χ0) is 26.3. The summed E-state index contributed by atoms with van der Waals surface area (Å²) in [4.78, 5) is 0. The van der Waals surface area contributed by atoms with Gasteiger partial charge >= 0.3 is 0 Å². The van der Waals surface area contributed by atoms with Crippen LogP contribution in [0.5, 0.6) is 0 Å². The van der Waals surface area contributed by atoms with Gasteiger partial charge in [0.15, 0.2) is 0 Å². The maximum Gasteiger partial charge on any atom is 0.0810 e. The summed E-state index contributed by atoms with van der Waals surface area (Å²) in [6.07, 6.45) is 49.2. The van der Waals surface area contributed by atoms with Crippen molar-refractivity contribution in [2.24, 2.45) is 0 Å². The first kappa shape index (κ1) is 35.0. The van der Waals surface area contributed by atoms with E-state index >= 15 is 0 Å². The first-order valence-corrected chi connectivity index (χ1v) is 18.0. The standard InChI is InChI=1S/C36H72O/c1-2-3-4-5-6-7-8-9-10-11-12-13-14-15-16-17-18-19-20-21-22-23-24-25-26-27-28-29-30-31-32-33-34-36-35-37-36/h36H,2-35H2,1H3. The summed E-state index contributed by atoms with van der Waals surface area (Å²) >= 11 is 0. The van der Waals surface area contributed by atoms with Gasteiger partial charge in [0, 0.05) is 0 Å². The van der Waals surface area contributed by atoms with E-state index in [0.29, 0.717) is 6.10 Å². The monoisotopic (exact) mass is 521 g/mol. The van der Waals surface area contributed by atoms with E-state index in [1.54, 1.807) is 0 Å². The van der Waals surface area contributed by atoms with Gasteiger partial charge in [0.05, 0.1) is 12.7 Å². The molecule has 222 valence electrons. The number of unbranched alkanes of at least 4 members (excludes halogenated alkanes) is 31. The maximum atomic E-state index is 5.28. The molecule has 0 radical (unpaired) electrons. The molecule has 0 amide bonds. The van der Waals surface area contributed by atoms with E-state index in [1.807, 2.05) is 0 Å². The smallest absolute Gasteiger partial charge is 0.0810 e. The third kappa shape index (κ3) is 30.4. The minimum absolute atomic E-state index is 0.647. The largest absolute Gasteiger partial charge is 0.373 e. The van der Waals surface area contributed by atoms with Crippen LogP contribution in [0.25, 0.3) is 0 Å². The molecule has 1 aliphatic heterocycles. The van der Waals surface area contributed by atoms with Crippen molar-refractivity contribution >= 4 is 0 Å². The topological polar surface area (TPSA) is 12.5 Å². The number of rotatable bonds is 33. The lowest BCUT2D eigenvalue weighted by molar-refractivity contribution is 0.387. The highest BCUT2D eigenvalue weighted by Gasteiger charge is 2.20. The van der Waals surface area contributed by atoms with Crippen LogP contribution < -0.4 is 0 Å². The molecule has 37 heavy (non-hydrogen) atoms. The molecule has 0 N–H and O–H groups in total. The predicted molar refractivity (Wildman–Crippen MR) is 168 cm³/mol. The number of hydrogen-bond donors (Lipinski definition) is 0. The Balaban J connectivity index is 1.58. The molecule has 0 aliphatic carbocycles. The van der Waals surface area contributed by atoms with Gasteiger partial charge in [-0.25, -0.2) is 0 Å². The van der Waals surface area contributed by atoms with Gasteiger partial charge < -0.3 is 4.74 Å². The second kappa shape index (κ2) is 30.5. The SMILES string of the molecule is CCCCCCCCCCCCCCCCCCCCCCCCCCCCCCCCCCC1CO1. The highest BCUT2D eigenvalue weighted by Crippen LogP contribution is 2.19. The molecule has 0 aromatic rings. The van der Waals surface area contributed by atoms with E-state index in [1.165, 1.54) is 212 Å². The molecule has 1 nitrogen and oxygen atoms in total. The van der Waals surface area contributed by atoms with Crippen LogP contribution in [0.1, 0.15) is 219 Å². The normalized spacial score (nSPS) is 15.0. The van der Waals surface area contributed by atoms with Crippen molar-refractivity contribution < 1.29 is 4.74 Å². The van der Waals surface area contributed by atoms with Crippen molar-refractivity contribution in [1.29, 1.82) is 0 Å². The Hall–Kier alpha value is -0.0400. The number of epoxide rings is 1. The van der Waals surface area contributed by atoms with Gasteiger partial charge in [-0.2, -0.15) is 0 Å². The average Bonchev–Trinajstić information content (AvgIpc) is 3.74. The van der Waals surface area contributed by atoms with Crippen molar-refractivity contribution in [2.75, 3.05) is 6.61 Å². The molecule has 1 heteroatoms. The second-order valence-electron chi connectivity index (χ2n) is 12.7. The van der Waals surface area contributed by atoms with Crippen molar-refractivity contribution in [3.63, 3.8) is 0 Å². The van der Waals surface area contributed by atoms with E-state index in [2.05, 4.69) is 6.92 Å². The van der Waals surface area contributed by atoms with Gasteiger partial charge in [0.25, 0.3) is 0 Å². The van der Waals surface area contributed by atoms with Crippen molar-refractivity contribution in [1.82, 2.24) is 0 Å². The molecule has 0 spiro atoms. The fourth-order valence-corrected chi connectivity index (χ4v) is 5.98. The Morgan fingerprint density at radius 1 is 0.324 bits per heavy atom. The van der Waals surface area contributed by atoms with Crippen LogP contribution in [0.2, 0.25) is 0 Å². The third-order valence-electron chi connectivity index (χ3n) is 8.78. The van der Waals surface area contributed by atoms with Gasteiger partial charge in [0.2, 0.25) is 0 Å². The number of hydrogen-bond acceptors (Lipinski definition) is 1. The zero-order valence-corrected chi connectivity index (χ0v) is 26.0. The van der Waals surface area contributed by atoms with Crippen molar-refractivity contribution in [3.05, 3.63) is 0 Å². The van der Waals surface area contributed by atoms with Gasteiger partial charge in [-0.05, 0) is 6.42 Å². The Kier molecular flexibility index (Phi) is 28.8. The second-order valence-corrected chi connectivity index (χ2v) is 12.7. The molecular weight excluding hydrogens is 448 g/mol. The Bertz CT molecular complexity index is 401. The fraction of sp³-hybridized carbons (Fsp3) is 1.00. The zero-order valence-electron chi connectivity index (χ0n) is 26.0. The summed E-state index contributed by atoms with van der Waals surface area (Å²) in [7, 11) is 0. The van der Waals surface area contributed by atoms with E-state index < -0.39 is 0 Å². The Labute approximate surface area is 236 Å². The van der Waals surface area contributed by atoms with Crippen LogP contribution in [0.3, 0.4) is 0 Å². The Morgan fingerprint density at radius 3 is 0.703 bits per heavy atom. The molecule has 1 unspecified atom stereocenters. The lowest BCUT2D eigenvalue weighted by Crippen LogP contribution is -1.86. The quantitative estimate of drug-likeness (QED) is 0.0619. The molecule has 0 bridgehead atoms. The van der Waals surface area contributed by atoms with Gasteiger partial charge in [-0.15, -0.1) is 0 Å². The van der Waals surface area contributed by atoms with E-state index in [9.17, 15) is 0 Å². The van der Waals surface area contributed by atoms with Crippen LogP contribution in [-0.2, 0) is 4.74 Å². The highest BCUT2D eigenvalue weighted by atomic mass is 16.6. The van der Waals surface area contributed by atoms with Crippen LogP contribution in [0.15, 0.2) is 0 Å². The fourth-order valence-electron chi connectivity index (χ4n) is 5.98. The molecule has 0 saturated carbocycles. The van der Waals surface area contributed by atoms with Crippen LogP contribution in [0.4, 0.5) is 0 Å². The van der Waals surface area contributed by atoms with Gasteiger partial charge in [-0.1, -0.05) is 212 Å². The minimum atomic E-state index is 0.647. The number of ether oxygens (including phenoxy) is 1. The summed E-state index contributed by atoms with van der Waals surface area (Å²) in [6, 6.07) is 0. The first-order chi connectivity index (χ1) is 18.4. The van der Waals surface area contributed by atoms with Crippen molar-refractivity contribution in [3.8, 4) is 0 Å². The molecule has 1 aliphatic rings. The summed E-state index contributed by atoms with van der Waals surface area (Å²) in [6.45, 7) is 3.35. The third-order valence-corrected chi connectivity index (χ3v) is 8.78. The summed E-state index contributed by atoms with van der Waals surface area (Å²) in [5.74, 6) is 0. The van der Waals surface area contributed by atoms with Crippen LogP contribution in [0, 0.1) is 0 Å². The molecule has 1 fully saturated rings. The summed E-state index contributed by atoms with van der Waals surface area (Å²) < 4.78 is 5.28. The predicted octanol–water partition coefficient (Wildman–Crippen LogP) is 13.3. The van der Waals surface area contributed by atoms with Crippen LogP contribution in [-0.4, -0.2) is 12.7 Å². The maximum absolute atomic E-state index is 5.28. The Morgan fingerprint density at radius 2 is 0.514 bits per heavy atom. The molecule has 1 saturated heterocycles. The highest BCUT2D eigenvalue weighted by molar-refractivity contribution is 4.68. The first-order valence-electron chi connectivity index (χ1n) is 18.0.